The van der Waals surface area contributed by atoms with Crippen LogP contribution < -0.4 is 5.32 Å². The molecule has 0 aromatic heterocycles. The first-order valence-electron chi connectivity index (χ1n) is 10.9. The minimum absolute atomic E-state index is 0.112. The number of thioether (sulfide) groups is 1. The van der Waals surface area contributed by atoms with Crippen molar-refractivity contribution in [3.05, 3.63) is 42.0 Å². The third-order valence-corrected chi connectivity index (χ3v) is 7.04. The lowest BCUT2D eigenvalue weighted by molar-refractivity contribution is -0.131. The van der Waals surface area contributed by atoms with Crippen LogP contribution in [0.1, 0.15) is 26.3 Å². The molecule has 1 fully saturated rings. The van der Waals surface area contributed by atoms with Gasteiger partial charge in [-0.25, -0.2) is 4.99 Å². The van der Waals surface area contributed by atoms with Gasteiger partial charge in [0.2, 0.25) is 12.3 Å². The molecule has 0 spiro atoms. The second-order valence-corrected chi connectivity index (χ2v) is 9.24. The zero-order valence-electron chi connectivity index (χ0n) is 18.8. The van der Waals surface area contributed by atoms with Crippen molar-refractivity contribution >= 4 is 45.7 Å². The van der Waals surface area contributed by atoms with Crippen molar-refractivity contribution in [3.63, 3.8) is 0 Å². The summed E-state index contributed by atoms with van der Waals surface area (Å²) in [5.41, 5.74) is 1.85. The van der Waals surface area contributed by atoms with E-state index in [0.29, 0.717) is 24.8 Å². The molecule has 1 aliphatic rings. The Hall–Kier alpha value is -2.38. The normalized spacial score (nSPS) is 15.9. The zero-order chi connectivity index (χ0) is 22.4. The number of benzene rings is 2. The zero-order valence-corrected chi connectivity index (χ0v) is 19.6. The number of aryl methyl sites for hydroxylation is 1. The van der Waals surface area contributed by atoms with Crippen molar-refractivity contribution < 1.29 is 9.59 Å². The molecule has 2 amide bonds. The maximum absolute atomic E-state index is 13.3. The summed E-state index contributed by atoms with van der Waals surface area (Å²) in [7, 11) is 0. The van der Waals surface area contributed by atoms with Crippen LogP contribution in [0.2, 0.25) is 0 Å². The highest BCUT2D eigenvalue weighted by atomic mass is 32.2. The first kappa shape index (κ1) is 23.3. The number of fused-ring (bicyclic) bond motifs is 1. The molecule has 0 radical (unpaired) electrons. The van der Waals surface area contributed by atoms with Crippen LogP contribution in [0.3, 0.4) is 0 Å². The number of hydrogen-bond acceptors (Lipinski definition) is 5. The van der Waals surface area contributed by atoms with Gasteiger partial charge in [0, 0.05) is 32.7 Å². The summed E-state index contributed by atoms with van der Waals surface area (Å²) >= 11 is 1.40. The summed E-state index contributed by atoms with van der Waals surface area (Å²) in [5.74, 6) is 0.229. The van der Waals surface area contributed by atoms with Crippen LogP contribution >= 0.6 is 11.8 Å². The average molecular weight is 441 g/mol. The van der Waals surface area contributed by atoms with Crippen molar-refractivity contribution in [2.24, 2.45) is 10.9 Å². The molecule has 1 heterocycles. The molecule has 0 saturated carbocycles. The van der Waals surface area contributed by atoms with Gasteiger partial charge in [0.1, 0.15) is 0 Å². The fraction of sp³-hybridized carbons (Fsp3) is 0.458. The molecule has 6 nitrogen and oxygen atoms in total. The Morgan fingerprint density at radius 3 is 2.45 bits per heavy atom. The van der Waals surface area contributed by atoms with Crippen LogP contribution in [-0.4, -0.2) is 65.3 Å². The standard InChI is InChI=1S/C24H32N4O2S/c1-5-27(16-29)24(26-21-15-20-9-7-6-8-19(20)14-18(21)4)31-22(17(2)3)23(30)28-12-10-25-11-13-28/h6-9,14-17,22,25H,5,10-13H2,1-4H3. The highest BCUT2D eigenvalue weighted by Gasteiger charge is 2.31. The van der Waals surface area contributed by atoms with Gasteiger partial charge in [-0.1, -0.05) is 49.9 Å². The maximum Gasteiger partial charge on any atom is 0.236 e. The van der Waals surface area contributed by atoms with E-state index in [4.69, 9.17) is 4.99 Å². The van der Waals surface area contributed by atoms with E-state index in [1.165, 1.54) is 11.8 Å². The minimum atomic E-state index is -0.299. The van der Waals surface area contributed by atoms with Gasteiger partial charge in [-0.3, -0.25) is 14.5 Å². The van der Waals surface area contributed by atoms with Crippen LogP contribution in [0, 0.1) is 12.8 Å². The van der Waals surface area contributed by atoms with Crippen molar-refractivity contribution in [1.82, 2.24) is 15.1 Å². The van der Waals surface area contributed by atoms with E-state index in [1.807, 2.05) is 50.8 Å². The van der Waals surface area contributed by atoms with Gasteiger partial charge in [-0.05, 0) is 48.2 Å². The molecule has 1 unspecified atom stereocenters. The number of piperazine rings is 1. The van der Waals surface area contributed by atoms with E-state index in [1.54, 1.807) is 4.90 Å². The highest BCUT2D eigenvalue weighted by molar-refractivity contribution is 8.14. The number of aliphatic imine (C=N–C) groups is 1. The first-order chi connectivity index (χ1) is 14.9. The quantitative estimate of drug-likeness (QED) is 0.422. The van der Waals surface area contributed by atoms with Crippen molar-refractivity contribution in [1.29, 1.82) is 0 Å². The molecule has 31 heavy (non-hydrogen) atoms. The molecule has 0 aliphatic carbocycles. The van der Waals surface area contributed by atoms with E-state index in [9.17, 15) is 9.59 Å². The maximum atomic E-state index is 13.3. The van der Waals surface area contributed by atoms with Crippen molar-refractivity contribution in [2.45, 2.75) is 32.9 Å². The number of nitrogens with one attached hydrogen (secondary N) is 1. The van der Waals surface area contributed by atoms with Gasteiger partial charge >= 0.3 is 0 Å². The Morgan fingerprint density at radius 1 is 1.23 bits per heavy atom. The number of amides is 2. The molecular formula is C24H32N4O2S. The Labute approximate surface area is 189 Å². The summed E-state index contributed by atoms with van der Waals surface area (Å²) in [6.07, 6.45) is 0.800. The largest absolute Gasteiger partial charge is 0.339 e. The highest BCUT2D eigenvalue weighted by Crippen LogP contribution is 2.30. The summed E-state index contributed by atoms with van der Waals surface area (Å²) in [6, 6.07) is 12.3. The number of nitrogens with zero attached hydrogens (tertiary/aromatic N) is 3. The monoisotopic (exact) mass is 440 g/mol. The van der Waals surface area contributed by atoms with E-state index < -0.39 is 0 Å². The van der Waals surface area contributed by atoms with Crippen LogP contribution in [0.25, 0.3) is 10.8 Å². The molecule has 2 aromatic carbocycles. The molecule has 166 valence electrons. The lowest BCUT2D eigenvalue weighted by Gasteiger charge is -2.32. The number of carbonyl (C=O) groups is 2. The van der Waals surface area contributed by atoms with Gasteiger partial charge in [-0.2, -0.15) is 0 Å². The van der Waals surface area contributed by atoms with Crippen LogP contribution in [-0.2, 0) is 9.59 Å². The molecule has 3 rings (SSSR count). The van der Waals surface area contributed by atoms with Gasteiger partial charge in [0.25, 0.3) is 0 Å². The lowest BCUT2D eigenvalue weighted by atomic mass is 10.1. The van der Waals surface area contributed by atoms with Gasteiger partial charge in [-0.15, -0.1) is 0 Å². The van der Waals surface area contributed by atoms with Gasteiger partial charge < -0.3 is 10.2 Å². The summed E-state index contributed by atoms with van der Waals surface area (Å²) in [6.45, 7) is 11.6. The van der Waals surface area contributed by atoms with E-state index in [2.05, 4.69) is 23.5 Å². The van der Waals surface area contributed by atoms with Crippen LogP contribution in [0.5, 0.6) is 0 Å². The topological polar surface area (TPSA) is 65.0 Å². The van der Waals surface area contributed by atoms with Crippen LogP contribution in [0.15, 0.2) is 41.4 Å². The Balaban J connectivity index is 1.97. The molecule has 7 heteroatoms. The fourth-order valence-electron chi connectivity index (χ4n) is 3.63. The molecule has 0 bridgehead atoms. The lowest BCUT2D eigenvalue weighted by Crippen LogP contribution is -2.50. The number of rotatable bonds is 6. The molecule has 1 atom stereocenters. The second kappa shape index (κ2) is 10.8. The number of amidine groups is 1. The summed E-state index contributed by atoms with van der Waals surface area (Å²) < 4.78 is 0. The van der Waals surface area contributed by atoms with Crippen molar-refractivity contribution in [2.75, 3.05) is 32.7 Å². The molecular weight excluding hydrogens is 408 g/mol. The Kier molecular flexibility index (Phi) is 8.09. The van der Waals surface area contributed by atoms with Crippen LogP contribution in [0.4, 0.5) is 5.69 Å². The first-order valence-corrected chi connectivity index (χ1v) is 11.8. The third kappa shape index (κ3) is 5.66. The molecule has 1 N–H and O–H groups in total. The smallest absolute Gasteiger partial charge is 0.236 e. The molecule has 2 aromatic rings. The SMILES string of the molecule is CCN(C=O)C(=Nc1cc2ccccc2cc1C)SC(C(=O)N1CCNCC1)C(C)C. The van der Waals surface area contributed by atoms with E-state index >= 15 is 0 Å². The summed E-state index contributed by atoms with van der Waals surface area (Å²) in [5, 5.41) is 5.81. The van der Waals surface area contributed by atoms with Gasteiger partial charge in [0.15, 0.2) is 5.17 Å². The Bertz CT molecular complexity index is 954. The predicted molar refractivity (Wildman–Crippen MR) is 130 cm³/mol. The van der Waals surface area contributed by atoms with Crippen molar-refractivity contribution in [3.8, 4) is 0 Å². The van der Waals surface area contributed by atoms with Gasteiger partial charge in [0.05, 0.1) is 10.9 Å². The van der Waals surface area contributed by atoms with E-state index in [0.717, 1.165) is 41.5 Å². The summed E-state index contributed by atoms with van der Waals surface area (Å²) in [4.78, 5) is 33.5. The second-order valence-electron chi connectivity index (χ2n) is 8.13. The number of hydrogen-bond donors (Lipinski definition) is 1. The third-order valence-electron chi connectivity index (χ3n) is 5.50. The predicted octanol–water partition coefficient (Wildman–Crippen LogP) is 3.80. The Morgan fingerprint density at radius 2 is 1.87 bits per heavy atom. The average Bonchev–Trinajstić information content (AvgIpc) is 2.78. The fourth-order valence-corrected chi connectivity index (χ4v) is 4.84. The molecule has 1 aliphatic heterocycles. The number of carbonyl (C=O) groups excluding carboxylic acids is 2. The van der Waals surface area contributed by atoms with E-state index in [-0.39, 0.29) is 17.1 Å². The molecule has 1 saturated heterocycles. The minimum Gasteiger partial charge on any atom is -0.339 e.